The maximum absolute atomic E-state index is 5.19. The van der Waals surface area contributed by atoms with Gasteiger partial charge in [0.25, 0.3) is 0 Å². The Kier molecular flexibility index (Phi) is 3.57. The Labute approximate surface area is 95.4 Å². The van der Waals surface area contributed by atoms with Crippen LogP contribution in [0, 0.1) is 6.92 Å². The first-order valence-electron chi connectivity index (χ1n) is 5.25. The molecule has 2 nitrogen and oxygen atoms in total. The largest absolute Gasteiger partial charge is 0.337 e. The van der Waals surface area contributed by atoms with Crippen LogP contribution in [0.1, 0.15) is 11.1 Å². The van der Waals surface area contributed by atoms with E-state index in [9.17, 15) is 0 Å². The van der Waals surface area contributed by atoms with Crippen molar-refractivity contribution in [2.45, 2.75) is 13.5 Å². The van der Waals surface area contributed by atoms with E-state index in [0.29, 0.717) is 6.61 Å². The number of benzene rings is 2. The average Bonchev–Trinajstić information content (AvgIpc) is 2.30. The lowest BCUT2D eigenvalue weighted by Crippen LogP contribution is -1.97. The molecule has 0 aromatic heterocycles. The van der Waals surface area contributed by atoms with Crippen LogP contribution in [0.2, 0.25) is 0 Å². The molecule has 0 saturated heterocycles. The highest BCUT2D eigenvalue weighted by atomic mass is 17.2. The van der Waals surface area contributed by atoms with Crippen molar-refractivity contribution in [3.05, 3.63) is 65.7 Å². The third kappa shape index (κ3) is 3.11. The van der Waals surface area contributed by atoms with Gasteiger partial charge in [0.2, 0.25) is 0 Å². The van der Waals surface area contributed by atoms with Gasteiger partial charge >= 0.3 is 0 Å². The molecule has 2 heteroatoms. The van der Waals surface area contributed by atoms with Crippen LogP contribution in [0.25, 0.3) is 0 Å². The number of hydrogen-bond donors (Lipinski definition) is 0. The molecule has 0 aliphatic rings. The van der Waals surface area contributed by atoms with Gasteiger partial charge in [-0.3, -0.25) is 0 Å². The van der Waals surface area contributed by atoms with Gasteiger partial charge in [0.15, 0.2) is 5.75 Å². The molecule has 0 atom stereocenters. The summed E-state index contributed by atoms with van der Waals surface area (Å²) in [4.78, 5) is 10.4. The minimum atomic E-state index is 0.453. The molecule has 2 rings (SSSR count). The molecular formula is C14H14O2. The minimum Gasteiger partial charge on any atom is -0.337 e. The molecule has 0 aliphatic carbocycles. The second-order valence-electron chi connectivity index (χ2n) is 3.65. The Bertz CT molecular complexity index is 437. The van der Waals surface area contributed by atoms with Crippen LogP contribution in [-0.4, -0.2) is 0 Å². The summed E-state index contributed by atoms with van der Waals surface area (Å²) in [5, 5.41) is 0. The molecular weight excluding hydrogens is 200 g/mol. The second kappa shape index (κ2) is 5.33. The van der Waals surface area contributed by atoms with Crippen molar-refractivity contribution < 1.29 is 9.78 Å². The van der Waals surface area contributed by atoms with Crippen LogP contribution in [0.4, 0.5) is 0 Å². The van der Waals surface area contributed by atoms with E-state index in [0.717, 1.165) is 16.9 Å². The standard InChI is InChI=1S/C14H14O2/c1-12-6-5-9-14(10-12)16-15-11-13-7-3-2-4-8-13/h2-10H,11H2,1H3. The van der Waals surface area contributed by atoms with E-state index >= 15 is 0 Å². The fourth-order valence-corrected chi connectivity index (χ4v) is 1.41. The smallest absolute Gasteiger partial charge is 0.165 e. The van der Waals surface area contributed by atoms with Crippen molar-refractivity contribution in [2.24, 2.45) is 0 Å². The molecule has 0 unspecified atom stereocenters. The Balaban J connectivity index is 1.85. The van der Waals surface area contributed by atoms with Gasteiger partial charge in [-0.05, 0) is 30.2 Å². The third-order valence-electron chi connectivity index (χ3n) is 2.21. The minimum absolute atomic E-state index is 0.453. The SMILES string of the molecule is Cc1cccc(OOCc2ccccc2)c1. The molecule has 0 amide bonds. The summed E-state index contributed by atoms with van der Waals surface area (Å²) in [7, 11) is 0. The first-order valence-corrected chi connectivity index (χ1v) is 5.25. The normalized spacial score (nSPS) is 10.1. The van der Waals surface area contributed by atoms with Gasteiger partial charge in [-0.25, -0.2) is 0 Å². The Morgan fingerprint density at radius 2 is 1.75 bits per heavy atom. The zero-order valence-electron chi connectivity index (χ0n) is 9.22. The second-order valence-corrected chi connectivity index (χ2v) is 3.65. The van der Waals surface area contributed by atoms with E-state index in [1.807, 2.05) is 61.5 Å². The topological polar surface area (TPSA) is 18.5 Å². The molecule has 0 N–H and O–H groups in total. The van der Waals surface area contributed by atoms with Crippen LogP contribution in [0.3, 0.4) is 0 Å². The van der Waals surface area contributed by atoms with Gasteiger partial charge < -0.3 is 4.89 Å². The number of aryl methyl sites for hydroxylation is 1. The van der Waals surface area contributed by atoms with E-state index in [-0.39, 0.29) is 0 Å². The maximum Gasteiger partial charge on any atom is 0.165 e. The number of hydrogen-bond acceptors (Lipinski definition) is 2. The molecule has 0 spiro atoms. The lowest BCUT2D eigenvalue weighted by atomic mass is 10.2. The molecule has 0 bridgehead atoms. The first-order chi connectivity index (χ1) is 7.84. The van der Waals surface area contributed by atoms with Crippen LogP contribution < -0.4 is 4.89 Å². The molecule has 2 aromatic carbocycles. The maximum atomic E-state index is 5.19. The van der Waals surface area contributed by atoms with Gasteiger partial charge in [-0.1, -0.05) is 42.5 Å². The van der Waals surface area contributed by atoms with E-state index in [1.165, 1.54) is 0 Å². The fourth-order valence-electron chi connectivity index (χ4n) is 1.41. The summed E-state index contributed by atoms with van der Waals surface area (Å²) < 4.78 is 0. The van der Waals surface area contributed by atoms with Crippen molar-refractivity contribution in [1.29, 1.82) is 0 Å². The molecule has 0 radical (unpaired) electrons. The van der Waals surface area contributed by atoms with Gasteiger partial charge in [0, 0.05) is 0 Å². The Morgan fingerprint density at radius 3 is 2.50 bits per heavy atom. The van der Waals surface area contributed by atoms with E-state index in [1.54, 1.807) is 0 Å². The predicted molar refractivity (Wildman–Crippen MR) is 63.0 cm³/mol. The summed E-state index contributed by atoms with van der Waals surface area (Å²) in [6.45, 7) is 2.47. The quantitative estimate of drug-likeness (QED) is 0.572. The first kappa shape index (κ1) is 10.7. The number of rotatable bonds is 4. The average molecular weight is 214 g/mol. The molecule has 0 saturated carbocycles. The van der Waals surface area contributed by atoms with Gasteiger partial charge in [0.1, 0.15) is 6.61 Å². The molecule has 82 valence electrons. The molecule has 2 aromatic rings. The Hall–Kier alpha value is -1.80. The van der Waals surface area contributed by atoms with Crippen LogP contribution in [0.15, 0.2) is 54.6 Å². The summed E-state index contributed by atoms with van der Waals surface area (Å²) in [6.07, 6.45) is 0. The third-order valence-corrected chi connectivity index (χ3v) is 2.21. The lowest BCUT2D eigenvalue weighted by molar-refractivity contribution is -0.217. The van der Waals surface area contributed by atoms with Crippen LogP contribution in [-0.2, 0) is 11.5 Å². The van der Waals surface area contributed by atoms with Crippen LogP contribution in [0.5, 0.6) is 5.75 Å². The highest BCUT2D eigenvalue weighted by Gasteiger charge is 1.96. The van der Waals surface area contributed by atoms with E-state index in [4.69, 9.17) is 9.78 Å². The van der Waals surface area contributed by atoms with Gasteiger partial charge in [-0.15, -0.1) is 0 Å². The van der Waals surface area contributed by atoms with Gasteiger partial charge in [0.05, 0.1) is 0 Å². The highest BCUT2D eigenvalue weighted by Crippen LogP contribution is 2.13. The highest BCUT2D eigenvalue weighted by molar-refractivity contribution is 5.26. The van der Waals surface area contributed by atoms with Crippen molar-refractivity contribution in [3.63, 3.8) is 0 Å². The van der Waals surface area contributed by atoms with Crippen molar-refractivity contribution in [2.75, 3.05) is 0 Å². The molecule has 0 heterocycles. The molecule has 16 heavy (non-hydrogen) atoms. The fraction of sp³-hybridized carbons (Fsp3) is 0.143. The lowest BCUT2D eigenvalue weighted by Gasteiger charge is -2.05. The summed E-state index contributed by atoms with van der Waals surface area (Å²) >= 11 is 0. The van der Waals surface area contributed by atoms with Crippen molar-refractivity contribution >= 4 is 0 Å². The summed E-state index contributed by atoms with van der Waals surface area (Å²) in [5.41, 5.74) is 2.25. The van der Waals surface area contributed by atoms with E-state index < -0.39 is 0 Å². The van der Waals surface area contributed by atoms with Crippen molar-refractivity contribution in [1.82, 2.24) is 0 Å². The summed E-state index contributed by atoms with van der Waals surface area (Å²) in [6, 6.07) is 17.7. The monoisotopic (exact) mass is 214 g/mol. The summed E-state index contributed by atoms with van der Waals surface area (Å²) in [5.74, 6) is 0.732. The van der Waals surface area contributed by atoms with Gasteiger partial charge in [-0.2, -0.15) is 4.89 Å². The Morgan fingerprint density at radius 1 is 0.938 bits per heavy atom. The molecule has 0 fully saturated rings. The van der Waals surface area contributed by atoms with Crippen molar-refractivity contribution in [3.8, 4) is 5.75 Å². The molecule has 0 aliphatic heterocycles. The van der Waals surface area contributed by atoms with E-state index in [2.05, 4.69) is 0 Å². The zero-order chi connectivity index (χ0) is 11.2. The predicted octanol–water partition coefficient (Wildman–Crippen LogP) is 3.51. The van der Waals surface area contributed by atoms with Crippen LogP contribution >= 0.6 is 0 Å². The zero-order valence-corrected chi connectivity index (χ0v) is 9.22.